The maximum absolute atomic E-state index is 12.6. The minimum Gasteiger partial charge on any atom is -0.497 e. The molecule has 8 rings (SSSR count). The predicted molar refractivity (Wildman–Crippen MR) is 487 cm³/mol. The quantitative estimate of drug-likeness (QED) is 0.0312. The molecule has 4 saturated heterocycles. The van der Waals surface area contributed by atoms with Crippen molar-refractivity contribution < 1.29 is 57.3 Å². The summed E-state index contributed by atoms with van der Waals surface area (Å²) in [5.74, 6) is 3.97. The fraction of sp³-hybridized carbons (Fsp3) is 0.592. The van der Waals surface area contributed by atoms with E-state index in [1.165, 1.54) is 64.2 Å². The summed E-state index contributed by atoms with van der Waals surface area (Å²) >= 11 is 0. The topological polar surface area (TPSA) is 223 Å². The van der Waals surface area contributed by atoms with Crippen LogP contribution in [0.1, 0.15) is 222 Å². The lowest BCUT2D eigenvalue weighted by Crippen LogP contribution is -2.53. The van der Waals surface area contributed by atoms with Crippen molar-refractivity contribution in [2.45, 2.75) is 200 Å². The molecule has 0 bridgehead atoms. The first-order chi connectivity index (χ1) is 57.4. The van der Waals surface area contributed by atoms with Crippen molar-refractivity contribution in [3.05, 3.63) is 144 Å². The Labute approximate surface area is 721 Å². The van der Waals surface area contributed by atoms with E-state index in [9.17, 15) is 38.4 Å². The van der Waals surface area contributed by atoms with Crippen LogP contribution >= 0.6 is 0 Å². The Bertz CT molecular complexity index is 3800. The third-order valence-electron chi connectivity index (χ3n) is 23.6. The fourth-order valence-electron chi connectivity index (χ4n) is 13.5. The Morgan fingerprint density at radius 1 is 0.308 bits per heavy atom. The SMILES string of the molecule is CCC(C)(C)C(=O)N1CCN(C(=O)/C=C/c2ccc(OC)cc2)CC1.CCC(C)(C)C(=O)N1CCN(CCNC(=O)/C=C/c2ccc(OC)cc2)CC1.CCCCCCCCOc1ccc(/C=C/C(=O)N2CCN(C(=O)C(C)(C)CC)CC2)cc1.CCCCCCCCOc1ccc(/C=C/C(=O)NCCN2CCN(C(=O)C(C)(C)CC)CC2)cc1. The van der Waals surface area contributed by atoms with Gasteiger partial charge in [0.25, 0.3) is 0 Å². The molecule has 2 N–H and O–H groups in total. The Morgan fingerprint density at radius 2 is 0.542 bits per heavy atom. The molecule has 0 spiro atoms. The van der Waals surface area contributed by atoms with Gasteiger partial charge in [0, 0.05) is 177 Å². The second-order valence-electron chi connectivity index (χ2n) is 34.3. The maximum atomic E-state index is 12.6. The molecule has 4 aliphatic heterocycles. The van der Waals surface area contributed by atoms with Crippen LogP contribution in [0, 0.1) is 21.7 Å². The van der Waals surface area contributed by atoms with E-state index < -0.39 is 0 Å². The van der Waals surface area contributed by atoms with Gasteiger partial charge in [-0.15, -0.1) is 0 Å². The highest BCUT2D eigenvalue weighted by Crippen LogP contribution is 2.29. The maximum Gasteiger partial charge on any atom is 0.246 e. The van der Waals surface area contributed by atoms with Gasteiger partial charge in [-0.05, 0) is 134 Å². The van der Waals surface area contributed by atoms with Crippen LogP contribution in [-0.2, 0) is 38.4 Å². The third-order valence-corrected chi connectivity index (χ3v) is 23.6. The van der Waals surface area contributed by atoms with Crippen molar-refractivity contribution in [2.75, 3.05) is 158 Å². The largest absolute Gasteiger partial charge is 0.497 e. The van der Waals surface area contributed by atoms with E-state index in [2.05, 4.69) is 48.1 Å². The van der Waals surface area contributed by atoms with E-state index in [4.69, 9.17) is 18.9 Å². The van der Waals surface area contributed by atoms with E-state index in [1.54, 1.807) is 55.6 Å². The molecule has 4 aliphatic rings. The van der Waals surface area contributed by atoms with E-state index in [1.807, 2.05) is 203 Å². The van der Waals surface area contributed by atoms with Crippen molar-refractivity contribution in [1.29, 1.82) is 0 Å². The standard InChI is InChI=1S/C29H47N3O3.C27H42N2O3.C22H33N3O3.C20H28N2O3/c1-5-7-8-9-10-11-24-35-26-15-12-25(13-16-26)14-17-27(33)30-18-19-31-20-22-32(23-21-31)28(34)29(3,4)6-2;1-5-7-8-9-10-11-22-32-24-15-12-23(13-16-24)14-17-25(30)28-18-20-29(21-19-28)26(31)27(3,4)6-2;1-5-22(2,3)21(27)25-16-14-24(15-17-25)13-12-23-20(26)11-8-18-6-9-19(28-4)10-7-18;1-5-20(2,3)19(24)22-14-12-21(13-15-22)18(23)11-8-16-6-9-17(25-4)10-7-16/h12-17H,5-11,18-24H2,1-4H3,(H,30,33);12-17H,5-11,18-22H2,1-4H3;6-11H,5,12-17H2,1-4H3,(H,23,26);6-11H,5,12-15H2,1-4H3/b2*17-14+;2*11-8+. The molecule has 0 aromatic heterocycles. The molecule has 0 atom stereocenters. The minimum absolute atomic E-state index is 0.00440. The number of carbonyl (C=O) groups is 8. The number of nitrogens with one attached hydrogen (secondary N) is 2. The second-order valence-corrected chi connectivity index (χ2v) is 34.3. The summed E-state index contributed by atoms with van der Waals surface area (Å²) in [7, 11) is 3.25. The highest BCUT2D eigenvalue weighted by atomic mass is 16.5. The number of unbranched alkanes of at least 4 members (excludes halogenated alkanes) is 10. The van der Waals surface area contributed by atoms with Gasteiger partial charge < -0.3 is 59.0 Å². The Morgan fingerprint density at radius 3 is 0.800 bits per heavy atom. The first kappa shape index (κ1) is 101. The Hall–Kier alpha value is -9.28. The van der Waals surface area contributed by atoms with Gasteiger partial charge in [-0.3, -0.25) is 48.2 Å². The van der Waals surface area contributed by atoms with Gasteiger partial charge in [-0.2, -0.15) is 0 Å². The van der Waals surface area contributed by atoms with Crippen LogP contribution in [0.4, 0.5) is 0 Å². The van der Waals surface area contributed by atoms with Crippen molar-refractivity contribution in [2.24, 2.45) is 21.7 Å². The summed E-state index contributed by atoms with van der Waals surface area (Å²) in [4.78, 5) is 115. The predicted octanol–water partition coefficient (Wildman–Crippen LogP) is 15.9. The molecule has 664 valence electrons. The molecule has 4 aromatic rings. The summed E-state index contributed by atoms with van der Waals surface area (Å²) in [5, 5.41) is 5.88. The average Bonchev–Trinajstić information content (AvgIpc) is 0.849. The summed E-state index contributed by atoms with van der Waals surface area (Å²) in [5.41, 5.74) is 2.61. The van der Waals surface area contributed by atoms with Crippen LogP contribution in [-0.4, -0.2) is 245 Å². The number of amides is 8. The van der Waals surface area contributed by atoms with Crippen LogP contribution in [0.2, 0.25) is 0 Å². The summed E-state index contributed by atoms with van der Waals surface area (Å²) < 4.78 is 21.9. The van der Waals surface area contributed by atoms with Crippen LogP contribution in [0.3, 0.4) is 0 Å². The number of methoxy groups -OCH3 is 2. The number of carbonyl (C=O) groups excluding carboxylic acids is 8. The molecule has 0 aliphatic carbocycles. The highest BCUT2D eigenvalue weighted by molar-refractivity contribution is 5.94. The lowest BCUT2D eigenvalue weighted by molar-refractivity contribution is -0.144. The first-order valence-corrected chi connectivity index (χ1v) is 44.7. The summed E-state index contributed by atoms with van der Waals surface area (Å²) in [6, 6.07) is 30.8. The first-order valence-electron chi connectivity index (χ1n) is 44.7. The van der Waals surface area contributed by atoms with Gasteiger partial charge in [0.15, 0.2) is 0 Å². The second kappa shape index (κ2) is 54.2. The molecule has 120 heavy (non-hydrogen) atoms. The normalized spacial score (nSPS) is 15.2. The number of benzene rings is 4. The van der Waals surface area contributed by atoms with Gasteiger partial charge >= 0.3 is 0 Å². The van der Waals surface area contributed by atoms with E-state index in [0.29, 0.717) is 65.4 Å². The molecular weight excluding hydrogens is 1510 g/mol. The van der Waals surface area contributed by atoms with Gasteiger partial charge in [0.2, 0.25) is 47.3 Å². The lowest BCUT2D eigenvalue weighted by atomic mass is 9.88. The van der Waals surface area contributed by atoms with Gasteiger partial charge in [0.05, 0.1) is 27.4 Å². The third kappa shape index (κ3) is 37.0. The molecule has 0 unspecified atom stereocenters. The van der Waals surface area contributed by atoms with Crippen molar-refractivity contribution in [3.8, 4) is 23.0 Å². The van der Waals surface area contributed by atoms with Crippen molar-refractivity contribution in [1.82, 2.24) is 49.8 Å². The molecule has 4 fully saturated rings. The highest BCUT2D eigenvalue weighted by Gasteiger charge is 2.36. The molecule has 8 amide bonds. The zero-order chi connectivity index (χ0) is 87.9. The number of hydrogen-bond donors (Lipinski definition) is 2. The zero-order valence-corrected chi connectivity index (χ0v) is 76.2. The lowest BCUT2D eigenvalue weighted by Gasteiger charge is -2.38. The molecule has 0 radical (unpaired) electrons. The number of rotatable bonds is 40. The monoisotopic (exact) mass is 1660 g/mol. The molecule has 22 heteroatoms. The zero-order valence-electron chi connectivity index (χ0n) is 76.2. The smallest absolute Gasteiger partial charge is 0.246 e. The van der Waals surface area contributed by atoms with Crippen LogP contribution in [0.5, 0.6) is 23.0 Å². The number of nitrogens with zero attached hydrogens (tertiary/aromatic N) is 8. The van der Waals surface area contributed by atoms with Crippen LogP contribution in [0.25, 0.3) is 24.3 Å². The van der Waals surface area contributed by atoms with Crippen molar-refractivity contribution in [3.63, 3.8) is 0 Å². The molecular formula is C98H150N10O12. The Balaban J connectivity index is 0.000000287. The molecule has 4 heterocycles. The van der Waals surface area contributed by atoms with Crippen molar-refractivity contribution >= 4 is 71.6 Å². The summed E-state index contributed by atoms with van der Waals surface area (Å²) in [6.07, 6.45) is 32.0. The number of ether oxygens (including phenoxy) is 4. The van der Waals surface area contributed by atoms with E-state index in [-0.39, 0.29) is 68.9 Å². The van der Waals surface area contributed by atoms with Gasteiger partial charge in [-0.1, -0.05) is 210 Å². The minimum atomic E-state index is -0.337. The van der Waals surface area contributed by atoms with Crippen LogP contribution < -0.4 is 29.6 Å². The van der Waals surface area contributed by atoms with E-state index in [0.717, 1.165) is 162 Å². The molecule has 0 saturated carbocycles. The van der Waals surface area contributed by atoms with E-state index >= 15 is 0 Å². The number of piperazine rings is 4. The fourth-order valence-corrected chi connectivity index (χ4v) is 13.5. The van der Waals surface area contributed by atoms with Crippen LogP contribution in [0.15, 0.2) is 121 Å². The summed E-state index contributed by atoms with van der Waals surface area (Å²) in [6.45, 7) is 44.1. The molecule has 4 aromatic carbocycles. The van der Waals surface area contributed by atoms with Gasteiger partial charge in [-0.25, -0.2) is 0 Å². The Kier molecular flexibility index (Phi) is 45.7. The molecule has 22 nitrogen and oxygen atoms in total. The number of hydrogen-bond acceptors (Lipinski definition) is 14. The average molecular weight is 1660 g/mol. The van der Waals surface area contributed by atoms with Gasteiger partial charge in [0.1, 0.15) is 23.0 Å².